The van der Waals surface area contributed by atoms with E-state index in [0.717, 1.165) is 6.42 Å². The standard InChI is InChI=1S/C18H19ClFNO3S/c19-14-7-9-17(10-8-14)25(23,24)21-16(12-22)5-2-6-18(21)13-3-1-4-15(20)11-13/h1,3-4,7-11,16,18,22H,2,5-6,12H2/t16-,18+/m1/s1. The van der Waals surface area contributed by atoms with Crippen LogP contribution in [0.4, 0.5) is 4.39 Å². The van der Waals surface area contributed by atoms with Crippen LogP contribution < -0.4 is 0 Å². The van der Waals surface area contributed by atoms with Gasteiger partial charge in [-0.1, -0.05) is 23.7 Å². The van der Waals surface area contributed by atoms with Crippen LogP contribution in [0.1, 0.15) is 30.9 Å². The monoisotopic (exact) mass is 383 g/mol. The molecule has 2 aromatic rings. The van der Waals surface area contributed by atoms with Crippen molar-refractivity contribution in [3.8, 4) is 0 Å². The van der Waals surface area contributed by atoms with Gasteiger partial charge in [0.1, 0.15) is 5.82 Å². The van der Waals surface area contributed by atoms with Gasteiger partial charge in [0.25, 0.3) is 0 Å². The molecule has 0 bridgehead atoms. The first kappa shape index (κ1) is 18.3. The number of aliphatic hydroxyl groups excluding tert-OH is 1. The Morgan fingerprint density at radius 3 is 2.52 bits per heavy atom. The molecule has 1 saturated heterocycles. The van der Waals surface area contributed by atoms with E-state index in [9.17, 15) is 17.9 Å². The highest BCUT2D eigenvalue weighted by atomic mass is 35.5. The quantitative estimate of drug-likeness (QED) is 0.874. The van der Waals surface area contributed by atoms with Crippen molar-refractivity contribution in [1.29, 1.82) is 0 Å². The molecular weight excluding hydrogens is 365 g/mol. The molecule has 0 aromatic heterocycles. The molecule has 2 aromatic carbocycles. The lowest BCUT2D eigenvalue weighted by molar-refractivity contribution is 0.115. The van der Waals surface area contributed by atoms with Crippen LogP contribution in [0.15, 0.2) is 53.4 Å². The van der Waals surface area contributed by atoms with Gasteiger partial charge in [0.15, 0.2) is 0 Å². The maximum atomic E-state index is 13.7. The topological polar surface area (TPSA) is 57.6 Å². The molecule has 2 atom stereocenters. The van der Waals surface area contributed by atoms with E-state index in [0.29, 0.717) is 23.4 Å². The Labute approximate surface area is 151 Å². The van der Waals surface area contributed by atoms with Crippen molar-refractivity contribution >= 4 is 21.6 Å². The summed E-state index contributed by atoms with van der Waals surface area (Å²) in [4.78, 5) is 0.110. The Balaban J connectivity index is 2.07. The number of hydrogen-bond acceptors (Lipinski definition) is 3. The zero-order chi connectivity index (χ0) is 18.0. The van der Waals surface area contributed by atoms with Gasteiger partial charge in [-0.3, -0.25) is 0 Å². The van der Waals surface area contributed by atoms with Crippen molar-refractivity contribution in [1.82, 2.24) is 4.31 Å². The van der Waals surface area contributed by atoms with Gasteiger partial charge in [-0.15, -0.1) is 0 Å². The lowest BCUT2D eigenvalue weighted by Crippen LogP contribution is -2.47. The van der Waals surface area contributed by atoms with E-state index in [-0.39, 0.29) is 11.5 Å². The molecule has 0 unspecified atom stereocenters. The third-order valence-electron chi connectivity index (χ3n) is 4.52. The second-order valence-electron chi connectivity index (χ2n) is 6.13. The summed E-state index contributed by atoms with van der Waals surface area (Å²) < 4.78 is 41.4. The first-order valence-electron chi connectivity index (χ1n) is 8.09. The van der Waals surface area contributed by atoms with Crippen LogP contribution in [0.5, 0.6) is 0 Å². The minimum absolute atomic E-state index is 0.110. The highest BCUT2D eigenvalue weighted by molar-refractivity contribution is 7.89. The molecule has 25 heavy (non-hydrogen) atoms. The van der Waals surface area contributed by atoms with Crippen LogP contribution in [0.25, 0.3) is 0 Å². The Kier molecular flexibility index (Phi) is 5.43. The fourth-order valence-electron chi connectivity index (χ4n) is 3.35. The maximum absolute atomic E-state index is 13.7. The van der Waals surface area contributed by atoms with E-state index in [1.165, 1.54) is 40.7 Å². The Morgan fingerprint density at radius 1 is 1.16 bits per heavy atom. The third-order valence-corrected chi connectivity index (χ3v) is 6.74. The summed E-state index contributed by atoms with van der Waals surface area (Å²) in [5, 5.41) is 10.2. The van der Waals surface area contributed by atoms with E-state index in [4.69, 9.17) is 11.6 Å². The summed E-state index contributed by atoms with van der Waals surface area (Å²) in [6.45, 7) is -0.279. The normalized spacial score (nSPS) is 22.0. The molecule has 0 radical (unpaired) electrons. The molecular formula is C18H19ClFNO3S. The molecule has 7 heteroatoms. The average Bonchev–Trinajstić information content (AvgIpc) is 2.61. The van der Waals surface area contributed by atoms with E-state index < -0.39 is 27.9 Å². The molecule has 0 spiro atoms. The molecule has 0 aliphatic carbocycles. The molecule has 134 valence electrons. The van der Waals surface area contributed by atoms with Crippen LogP contribution in [-0.2, 0) is 10.0 Å². The van der Waals surface area contributed by atoms with E-state index in [1.54, 1.807) is 12.1 Å². The van der Waals surface area contributed by atoms with Gasteiger partial charge < -0.3 is 5.11 Å². The number of aliphatic hydroxyl groups is 1. The molecule has 4 nitrogen and oxygen atoms in total. The molecule has 3 rings (SSSR count). The van der Waals surface area contributed by atoms with Gasteiger partial charge in [0.2, 0.25) is 10.0 Å². The Morgan fingerprint density at radius 2 is 1.88 bits per heavy atom. The maximum Gasteiger partial charge on any atom is 0.243 e. The molecule has 1 aliphatic heterocycles. The summed E-state index contributed by atoms with van der Waals surface area (Å²) in [6, 6.07) is 10.9. The van der Waals surface area contributed by atoms with Gasteiger partial charge in [0, 0.05) is 11.1 Å². The Bertz CT molecular complexity index is 842. The first-order valence-corrected chi connectivity index (χ1v) is 9.90. The zero-order valence-electron chi connectivity index (χ0n) is 13.5. The molecule has 1 fully saturated rings. The molecule has 0 amide bonds. The summed E-state index contributed by atoms with van der Waals surface area (Å²) in [7, 11) is -3.86. The number of hydrogen-bond donors (Lipinski definition) is 1. The van der Waals surface area contributed by atoms with Crippen molar-refractivity contribution in [2.75, 3.05) is 6.61 Å². The second-order valence-corrected chi connectivity index (χ2v) is 8.41. The fourth-order valence-corrected chi connectivity index (χ4v) is 5.32. The van der Waals surface area contributed by atoms with Crippen LogP contribution in [0.3, 0.4) is 0 Å². The van der Waals surface area contributed by atoms with E-state index in [2.05, 4.69) is 0 Å². The largest absolute Gasteiger partial charge is 0.395 e. The van der Waals surface area contributed by atoms with Crippen LogP contribution in [0, 0.1) is 5.82 Å². The third kappa shape index (κ3) is 3.72. The van der Waals surface area contributed by atoms with Crippen LogP contribution in [-0.4, -0.2) is 30.5 Å². The summed E-state index contributed by atoms with van der Waals surface area (Å²) in [5.41, 5.74) is 0.593. The van der Waals surface area contributed by atoms with Gasteiger partial charge in [-0.25, -0.2) is 12.8 Å². The van der Waals surface area contributed by atoms with Crippen molar-refractivity contribution in [3.63, 3.8) is 0 Å². The summed E-state index contributed by atoms with van der Waals surface area (Å²) >= 11 is 5.86. The number of nitrogens with zero attached hydrogens (tertiary/aromatic N) is 1. The lowest BCUT2D eigenvalue weighted by Gasteiger charge is -2.40. The highest BCUT2D eigenvalue weighted by Crippen LogP contribution is 2.39. The number of halogens is 2. The van der Waals surface area contributed by atoms with Gasteiger partial charge in [-0.05, 0) is 61.2 Å². The van der Waals surface area contributed by atoms with Crippen molar-refractivity contribution in [3.05, 3.63) is 64.9 Å². The number of benzene rings is 2. The second kappa shape index (κ2) is 7.41. The molecule has 1 heterocycles. The SMILES string of the molecule is O=S(=O)(c1ccc(Cl)cc1)N1[C@@H](CO)CCC[C@H]1c1cccc(F)c1. The van der Waals surface area contributed by atoms with Crippen molar-refractivity contribution < 1.29 is 17.9 Å². The number of rotatable bonds is 4. The van der Waals surface area contributed by atoms with Gasteiger partial charge in [-0.2, -0.15) is 4.31 Å². The predicted octanol–water partition coefficient (Wildman–Crippen LogP) is 3.76. The number of sulfonamides is 1. The molecule has 1 aliphatic rings. The predicted molar refractivity (Wildman–Crippen MR) is 94.3 cm³/mol. The van der Waals surface area contributed by atoms with E-state index >= 15 is 0 Å². The van der Waals surface area contributed by atoms with Crippen LogP contribution >= 0.6 is 11.6 Å². The summed E-state index contributed by atoms with van der Waals surface area (Å²) in [5.74, 6) is -0.410. The summed E-state index contributed by atoms with van der Waals surface area (Å²) in [6.07, 6.45) is 1.90. The van der Waals surface area contributed by atoms with Crippen molar-refractivity contribution in [2.24, 2.45) is 0 Å². The van der Waals surface area contributed by atoms with E-state index in [1.807, 2.05) is 0 Å². The average molecular weight is 384 g/mol. The minimum Gasteiger partial charge on any atom is -0.395 e. The number of piperidine rings is 1. The highest BCUT2D eigenvalue weighted by Gasteiger charge is 2.40. The fraction of sp³-hybridized carbons (Fsp3) is 0.333. The first-order chi connectivity index (χ1) is 11.9. The zero-order valence-corrected chi connectivity index (χ0v) is 15.0. The minimum atomic E-state index is -3.86. The van der Waals surface area contributed by atoms with Gasteiger partial charge in [0.05, 0.1) is 17.5 Å². The van der Waals surface area contributed by atoms with Gasteiger partial charge >= 0.3 is 0 Å². The van der Waals surface area contributed by atoms with Crippen molar-refractivity contribution in [2.45, 2.75) is 36.2 Å². The van der Waals surface area contributed by atoms with Crippen LogP contribution in [0.2, 0.25) is 5.02 Å². The molecule has 0 saturated carbocycles. The lowest BCUT2D eigenvalue weighted by atomic mass is 9.93. The molecule has 1 N–H and O–H groups in total. The smallest absolute Gasteiger partial charge is 0.243 e. The Hall–Kier alpha value is -1.47.